The molecule has 0 aromatic carbocycles. The molecule has 0 radical (unpaired) electrons. The standard InChI is InChI=1S/C11H22N2O/c1-4-7-13-11(3,8-9(12)14)10(2)5-6-10/h13H,4-8H2,1-3H3,(H2,12,14). The van der Waals surface area contributed by atoms with Gasteiger partial charge >= 0.3 is 0 Å². The fourth-order valence-corrected chi connectivity index (χ4v) is 1.98. The van der Waals surface area contributed by atoms with Crippen molar-refractivity contribution in [2.75, 3.05) is 6.54 Å². The average Bonchev–Trinajstić information content (AvgIpc) is 2.80. The highest BCUT2D eigenvalue weighted by atomic mass is 16.1. The van der Waals surface area contributed by atoms with Crippen molar-refractivity contribution in [2.45, 2.75) is 52.0 Å². The van der Waals surface area contributed by atoms with Crippen molar-refractivity contribution < 1.29 is 4.79 Å². The SMILES string of the molecule is CCCNC(C)(CC(N)=O)C1(C)CC1. The van der Waals surface area contributed by atoms with Gasteiger partial charge in [-0.25, -0.2) is 0 Å². The summed E-state index contributed by atoms with van der Waals surface area (Å²) < 4.78 is 0. The summed E-state index contributed by atoms with van der Waals surface area (Å²) in [6, 6.07) is 0. The lowest BCUT2D eigenvalue weighted by atomic mass is 9.80. The van der Waals surface area contributed by atoms with E-state index in [1.165, 1.54) is 12.8 Å². The third kappa shape index (κ3) is 2.27. The second-order valence-corrected chi connectivity index (χ2v) is 4.96. The van der Waals surface area contributed by atoms with E-state index >= 15 is 0 Å². The van der Waals surface area contributed by atoms with Crippen LogP contribution in [0.1, 0.15) is 46.5 Å². The summed E-state index contributed by atoms with van der Waals surface area (Å²) in [6.07, 6.45) is 3.94. The van der Waals surface area contributed by atoms with E-state index in [0.717, 1.165) is 13.0 Å². The third-order valence-electron chi connectivity index (χ3n) is 3.63. The maximum absolute atomic E-state index is 11.0. The lowest BCUT2D eigenvalue weighted by Crippen LogP contribution is -2.51. The number of primary amides is 1. The Morgan fingerprint density at radius 3 is 2.50 bits per heavy atom. The molecule has 1 unspecified atom stereocenters. The van der Waals surface area contributed by atoms with E-state index in [4.69, 9.17) is 5.73 Å². The largest absolute Gasteiger partial charge is 0.370 e. The van der Waals surface area contributed by atoms with E-state index < -0.39 is 0 Å². The topological polar surface area (TPSA) is 55.1 Å². The Morgan fingerprint density at radius 1 is 1.57 bits per heavy atom. The molecule has 3 heteroatoms. The molecular weight excluding hydrogens is 176 g/mol. The van der Waals surface area contributed by atoms with Gasteiger partial charge in [-0.1, -0.05) is 13.8 Å². The van der Waals surface area contributed by atoms with Crippen LogP contribution < -0.4 is 11.1 Å². The molecule has 1 aliphatic rings. The number of carbonyl (C=O) groups excluding carboxylic acids is 1. The Bertz CT molecular complexity index is 223. The summed E-state index contributed by atoms with van der Waals surface area (Å²) in [5.41, 5.74) is 5.47. The van der Waals surface area contributed by atoms with Crippen LogP contribution in [-0.2, 0) is 4.79 Å². The quantitative estimate of drug-likeness (QED) is 0.678. The molecule has 0 saturated heterocycles. The zero-order valence-electron chi connectivity index (χ0n) is 9.52. The van der Waals surface area contributed by atoms with Crippen LogP contribution in [0.15, 0.2) is 0 Å². The fraction of sp³-hybridized carbons (Fsp3) is 0.909. The molecule has 1 amide bonds. The summed E-state index contributed by atoms with van der Waals surface area (Å²) >= 11 is 0. The molecular formula is C11H22N2O. The maximum atomic E-state index is 11.0. The lowest BCUT2D eigenvalue weighted by molar-refractivity contribution is -0.120. The van der Waals surface area contributed by atoms with E-state index in [2.05, 4.69) is 26.1 Å². The molecule has 0 aromatic heterocycles. The van der Waals surface area contributed by atoms with Gasteiger partial charge in [0, 0.05) is 12.0 Å². The van der Waals surface area contributed by atoms with Gasteiger partial charge in [0.05, 0.1) is 0 Å². The molecule has 1 atom stereocenters. The van der Waals surface area contributed by atoms with Crippen LogP contribution in [0.4, 0.5) is 0 Å². The van der Waals surface area contributed by atoms with E-state index in [1.54, 1.807) is 0 Å². The van der Waals surface area contributed by atoms with Crippen molar-refractivity contribution >= 4 is 5.91 Å². The third-order valence-corrected chi connectivity index (χ3v) is 3.63. The van der Waals surface area contributed by atoms with Crippen molar-refractivity contribution in [3.8, 4) is 0 Å². The van der Waals surface area contributed by atoms with E-state index in [9.17, 15) is 4.79 Å². The normalized spacial score (nSPS) is 22.8. The first-order chi connectivity index (χ1) is 6.43. The number of hydrogen-bond donors (Lipinski definition) is 2. The van der Waals surface area contributed by atoms with Gasteiger partial charge in [0.15, 0.2) is 0 Å². The Kier molecular flexibility index (Phi) is 3.20. The molecule has 0 spiro atoms. The van der Waals surface area contributed by atoms with Crippen LogP contribution in [0.25, 0.3) is 0 Å². The van der Waals surface area contributed by atoms with E-state index in [0.29, 0.717) is 6.42 Å². The highest BCUT2D eigenvalue weighted by molar-refractivity contribution is 5.75. The fourth-order valence-electron chi connectivity index (χ4n) is 1.98. The number of nitrogens with one attached hydrogen (secondary N) is 1. The zero-order chi connectivity index (χ0) is 10.8. The number of rotatable bonds is 6. The van der Waals surface area contributed by atoms with Crippen molar-refractivity contribution in [3.63, 3.8) is 0 Å². The smallest absolute Gasteiger partial charge is 0.219 e. The molecule has 1 fully saturated rings. The van der Waals surface area contributed by atoms with Crippen molar-refractivity contribution in [1.82, 2.24) is 5.32 Å². The highest BCUT2D eigenvalue weighted by Gasteiger charge is 2.53. The van der Waals surface area contributed by atoms with E-state index in [-0.39, 0.29) is 16.9 Å². The number of nitrogens with two attached hydrogens (primary N) is 1. The van der Waals surface area contributed by atoms with Crippen LogP contribution in [-0.4, -0.2) is 18.0 Å². The minimum atomic E-state index is -0.204. The maximum Gasteiger partial charge on any atom is 0.219 e. The molecule has 3 N–H and O–H groups in total. The molecule has 0 heterocycles. The summed E-state index contributed by atoms with van der Waals surface area (Å²) in [5.74, 6) is -0.204. The van der Waals surface area contributed by atoms with Gasteiger partial charge in [0.2, 0.25) is 5.91 Å². The van der Waals surface area contributed by atoms with Crippen LogP contribution >= 0.6 is 0 Å². The Morgan fingerprint density at radius 2 is 2.14 bits per heavy atom. The zero-order valence-corrected chi connectivity index (χ0v) is 9.52. The van der Waals surface area contributed by atoms with Crippen molar-refractivity contribution in [2.24, 2.45) is 11.1 Å². The molecule has 82 valence electrons. The van der Waals surface area contributed by atoms with Gasteiger partial charge < -0.3 is 11.1 Å². The van der Waals surface area contributed by atoms with Gasteiger partial charge in [0.1, 0.15) is 0 Å². The van der Waals surface area contributed by atoms with Crippen LogP contribution in [0.5, 0.6) is 0 Å². The van der Waals surface area contributed by atoms with Gasteiger partial charge in [-0.15, -0.1) is 0 Å². The van der Waals surface area contributed by atoms with Crippen molar-refractivity contribution in [3.05, 3.63) is 0 Å². The first-order valence-electron chi connectivity index (χ1n) is 5.47. The number of hydrogen-bond acceptors (Lipinski definition) is 2. The lowest BCUT2D eigenvalue weighted by Gasteiger charge is -2.36. The van der Waals surface area contributed by atoms with E-state index in [1.807, 2.05) is 0 Å². The van der Waals surface area contributed by atoms with Gasteiger partial charge in [-0.2, -0.15) is 0 Å². The molecule has 1 rings (SSSR count). The van der Waals surface area contributed by atoms with Crippen LogP contribution in [0.2, 0.25) is 0 Å². The second-order valence-electron chi connectivity index (χ2n) is 4.96. The number of amides is 1. The van der Waals surface area contributed by atoms with Crippen molar-refractivity contribution in [1.29, 1.82) is 0 Å². The van der Waals surface area contributed by atoms with Gasteiger partial charge in [-0.3, -0.25) is 4.79 Å². The Labute approximate surface area is 86.4 Å². The predicted molar refractivity (Wildman–Crippen MR) is 57.9 cm³/mol. The highest BCUT2D eigenvalue weighted by Crippen LogP contribution is 2.54. The predicted octanol–water partition coefficient (Wildman–Crippen LogP) is 1.42. The monoisotopic (exact) mass is 198 g/mol. The van der Waals surface area contributed by atoms with Gasteiger partial charge in [0.25, 0.3) is 0 Å². The van der Waals surface area contributed by atoms with Crippen LogP contribution in [0.3, 0.4) is 0 Å². The second kappa shape index (κ2) is 3.89. The van der Waals surface area contributed by atoms with Gasteiger partial charge in [-0.05, 0) is 38.1 Å². The molecule has 1 aliphatic carbocycles. The van der Waals surface area contributed by atoms with Crippen LogP contribution in [0, 0.1) is 5.41 Å². The first-order valence-corrected chi connectivity index (χ1v) is 5.47. The number of carbonyl (C=O) groups is 1. The molecule has 0 bridgehead atoms. The molecule has 0 aromatic rings. The molecule has 14 heavy (non-hydrogen) atoms. The summed E-state index contributed by atoms with van der Waals surface area (Å²) in [7, 11) is 0. The molecule has 0 aliphatic heterocycles. The summed E-state index contributed by atoms with van der Waals surface area (Å²) in [5, 5.41) is 3.48. The minimum Gasteiger partial charge on any atom is -0.370 e. The Hall–Kier alpha value is -0.570. The minimum absolute atomic E-state index is 0.102. The average molecular weight is 198 g/mol. The molecule has 3 nitrogen and oxygen atoms in total. The summed E-state index contributed by atoms with van der Waals surface area (Å²) in [4.78, 5) is 11.0. The molecule has 1 saturated carbocycles. The Balaban J connectivity index is 2.63. The summed E-state index contributed by atoms with van der Waals surface area (Å²) in [6.45, 7) is 7.45. The first kappa shape index (κ1) is 11.5.